The van der Waals surface area contributed by atoms with Crippen LogP contribution in [0.4, 0.5) is 5.69 Å². The summed E-state index contributed by atoms with van der Waals surface area (Å²) >= 11 is 2.04. The third-order valence-corrected chi connectivity index (χ3v) is 3.66. The van der Waals surface area contributed by atoms with E-state index >= 15 is 0 Å². The van der Waals surface area contributed by atoms with Crippen molar-refractivity contribution in [2.75, 3.05) is 30.3 Å². The maximum Gasteiger partial charge on any atom is 0.0772 e. The summed E-state index contributed by atoms with van der Waals surface area (Å²) < 4.78 is 0. The van der Waals surface area contributed by atoms with Crippen LogP contribution < -0.4 is 5.73 Å². The van der Waals surface area contributed by atoms with Crippen LogP contribution in [0.1, 0.15) is 12.1 Å². The molecule has 2 rings (SSSR count). The average Bonchev–Trinajstić information content (AvgIpc) is 2.50. The second-order valence-corrected chi connectivity index (χ2v) is 5.01. The van der Waals surface area contributed by atoms with Crippen molar-refractivity contribution in [2.24, 2.45) is 0 Å². The van der Waals surface area contributed by atoms with Gasteiger partial charge >= 0.3 is 0 Å². The number of hydrogen-bond acceptors (Lipinski definition) is 4. The lowest BCUT2D eigenvalue weighted by atomic mass is 10.2. The second-order valence-electron chi connectivity index (χ2n) is 3.78. The zero-order valence-corrected chi connectivity index (χ0v) is 9.67. The Morgan fingerprint density at radius 3 is 3.20 bits per heavy atom. The molecule has 0 aromatic carbocycles. The lowest BCUT2D eigenvalue weighted by Gasteiger charge is -2.19. The number of nitrogens with two attached hydrogens (primary N) is 1. The fraction of sp³-hybridized carbons (Fsp3) is 0.545. The molecule has 0 amide bonds. The van der Waals surface area contributed by atoms with E-state index < -0.39 is 0 Å². The highest BCUT2D eigenvalue weighted by Gasteiger charge is 2.11. The molecule has 3 nitrogen and oxygen atoms in total. The molecule has 1 fully saturated rings. The van der Waals surface area contributed by atoms with E-state index in [1.54, 1.807) is 0 Å². The summed E-state index contributed by atoms with van der Waals surface area (Å²) in [6, 6.07) is 3.81. The van der Waals surface area contributed by atoms with Gasteiger partial charge in [0.1, 0.15) is 0 Å². The maximum absolute atomic E-state index is 5.88. The van der Waals surface area contributed by atoms with E-state index in [9.17, 15) is 0 Å². The Bertz CT molecular complexity index is 308. The highest BCUT2D eigenvalue weighted by molar-refractivity contribution is 7.99. The smallest absolute Gasteiger partial charge is 0.0772 e. The van der Waals surface area contributed by atoms with Crippen LogP contribution in [0.2, 0.25) is 0 Å². The van der Waals surface area contributed by atoms with Crippen molar-refractivity contribution in [3.05, 3.63) is 24.0 Å². The first-order chi connectivity index (χ1) is 7.36. The minimum absolute atomic E-state index is 0.814. The van der Waals surface area contributed by atoms with Gasteiger partial charge in [0, 0.05) is 25.0 Å². The molecular formula is C11H17N3S. The maximum atomic E-state index is 5.88. The highest BCUT2D eigenvalue weighted by atomic mass is 32.2. The molecule has 0 radical (unpaired) electrons. The van der Waals surface area contributed by atoms with Gasteiger partial charge in [-0.1, -0.05) is 0 Å². The normalized spacial score (nSPS) is 18.7. The summed E-state index contributed by atoms with van der Waals surface area (Å²) in [4.78, 5) is 6.77. The van der Waals surface area contributed by atoms with Gasteiger partial charge in [0.2, 0.25) is 0 Å². The third kappa shape index (κ3) is 3.11. The average molecular weight is 223 g/mol. The molecule has 2 N–H and O–H groups in total. The van der Waals surface area contributed by atoms with E-state index in [1.807, 2.05) is 30.1 Å². The Hall–Kier alpha value is -0.740. The number of pyridine rings is 1. The fourth-order valence-corrected chi connectivity index (χ4v) is 2.67. The highest BCUT2D eigenvalue weighted by Crippen LogP contribution is 2.14. The molecule has 4 heteroatoms. The zero-order valence-electron chi connectivity index (χ0n) is 8.85. The molecule has 1 aliphatic heterocycles. The summed E-state index contributed by atoms with van der Waals surface area (Å²) in [6.45, 7) is 3.22. The Morgan fingerprint density at radius 1 is 1.40 bits per heavy atom. The number of thioether (sulfide) groups is 1. The Labute approximate surface area is 95.1 Å². The summed E-state index contributed by atoms with van der Waals surface area (Å²) in [5, 5.41) is 0. The lowest BCUT2D eigenvalue weighted by molar-refractivity contribution is 0.284. The number of nitrogen functional groups attached to an aromatic ring is 1. The standard InChI is InChI=1S/C11H17N3S/c12-10-3-1-4-13-11(10)9-14-5-2-7-15-8-6-14/h1,3-4H,2,5-9,12H2. The summed E-state index contributed by atoms with van der Waals surface area (Å²) in [5.41, 5.74) is 7.71. The molecule has 0 atom stereocenters. The van der Waals surface area contributed by atoms with Crippen molar-refractivity contribution in [1.82, 2.24) is 9.88 Å². The van der Waals surface area contributed by atoms with Crippen molar-refractivity contribution >= 4 is 17.4 Å². The number of anilines is 1. The van der Waals surface area contributed by atoms with Crippen molar-refractivity contribution in [3.63, 3.8) is 0 Å². The number of nitrogens with zero attached hydrogens (tertiary/aromatic N) is 2. The topological polar surface area (TPSA) is 42.1 Å². The first-order valence-electron chi connectivity index (χ1n) is 5.36. The first-order valence-corrected chi connectivity index (χ1v) is 6.51. The van der Waals surface area contributed by atoms with E-state index in [2.05, 4.69) is 9.88 Å². The monoisotopic (exact) mass is 223 g/mol. The third-order valence-electron chi connectivity index (χ3n) is 2.61. The van der Waals surface area contributed by atoms with Gasteiger partial charge in [-0.3, -0.25) is 9.88 Å². The van der Waals surface area contributed by atoms with Crippen LogP contribution in [0.3, 0.4) is 0 Å². The van der Waals surface area contributed by atoms with Crippen LogP contribution >= 0.6 is 11.8 Å². The van der Waals surface area contributed by atoms with Gasteiger partial charge in [-0.05, 0) is 30.9 Å². The predicted molar refractivity (Wildman–Crippen MR) is 65.9 cm³/mol. The van der Waals surface area contributed by atoms with Gasteiger partial charge in [0.05, 0.1) is 11.4 Å². The molecule has 0 aliphatic carbocycles. The van der Waals surface area contributed by atoms with E-state index in [-0.39, 0.29) is 0 Å². The summed E-state index contributed by atoms with van der Waals surface area (Å²) in [5.74, 6) is 2.51. The van der Waals surface area contributed by atoms with Crippen molar-refractivity contribution in [1.29, 1.82) is 0 Å². The molecule has 1 saturated heterocycles. The van der Waals surface area contributed by atoms with Gasteiger partial charge in [0.15, 0.2) is 0 Å². The largest absolute Gasteiger partial charge is 0.397 e. The Balaban J connectivity index is 1.98. The number of hydrogen-bond donors (Lipinski definition) is 1. The molecule has 1 aromatic heterocycles. The zero-order chi connectivity index (χ0) is 10.5. The molecule has 0 bridgehead atoms. The van der Waals surface area contributed by atoms with Crippen LogP contribution in [0.15, 0.2) is 18.3 Å². The van der Waals surface area contributed by atoms with Crippen molar-refractivity contribution < 1.29 is 0 Å². The predicted octanol–water partition coefficient (Wildman–Crippen LogP) is 1.60. The molecule has 0 unspecified atom stereocenters. The number of rotatable bonds is 2. The minimum Gasteiger partial charge on any atom is -0.397 e. The van der Waals surface area contributed by atoms with Crippen LogP contribution in [-0.2, 0) is 6.54 Å². The van der Waals surface area contributed by atoms with E-state index in [0.29, 0.717) is 0 Å². The second kappa shape index (κ2) is 5.37. The van der Waals surface area contributed by atoms with E-state index in [0.717, 1.165) is 24.5 Å². The van der Waals surface area contributed by atoms with Gasteiger partial charge in [0.25, 0.3) is 0 Å². The van der Waals surface area contributed by atoms with Crippen molar-refractivity contribution in [3.8, 4) is 0 Å². The molecule has 1 aromatic rings. The van der Waals surface area contributed by atoms with Crippen LogP contribution in [0.5, 0.6) is 0 Å². The molecule has 0 saturated carbocycles. The lowest BCUT2D eigenvalue weighted by Crippen LogP contribution is -2.26. The Morgan fingerprint density at radius 2 is 2.33 bits per heavy atom. The van der Waals surface area contributed by atoms with Crippen LogP contribution in [-0.4, -0.2) is 34.5 Å². The number of aromatic nitrogens is 1. The van der Waals surface area contributed by atoms with Crippen LogP contribution in [0, 0.1) is 0 Å². The fourth-order valence-electron chi connectivity index (χ4n) is 1.75. The molecule has 2 heterocycles. The van der Waals surface area contributed by atoms with E-state index in [1.165, 1.54) is 24.5 Å². The van der Waals surface area contributed by atoms with Gasteiger partial charge in [-0.25, -0.2) is 0 Å². The molecular weight excluding hydrogens is 206 g/mol. The molecule has 82 valence electrons. The molecule has 0 spiro atoms. The minimum atomic E-state index is 0.814. The summed E-state index contributed by atoms with van der Waals surface area (Å²) in [7, 11) is 0. The molecule has 15 heavy (non-hydrogen) atoms. The SMILES string of the molecule is Nc1cccnc1CN1CCCSCC1. The molecule has 1 aliphatic rings. The van der Waals surface area contributed by atoms with Crippen LogP contribution in [0.25, 0.3) is 0 Å². The first kappa shape index (κ1) is 10.8. The van der Waals surface area contributed by atoms with Crippen molar-refractivity contribution in [2.45, 2.75) is 13.0 Å². The summed E-state index contributed by atoms with van der Waals surface area (Å²) in [6.07, 6.45) is 3.09. The van der Waals surface area contributed by atoms with Gasteiger partial charge < -0.3 is 5.73 Å². The van der Waals surface area contributed by atoms with Gasteiger partial charge in [-0.2, -0.15) is 11.8 Å². The Kier molecular flexibility index (Phi) is 3.86. The quantitative estimate of drug-likeness (QED) is 0.827. The van der Waals surface area contributed by atoms with E-state index in [4.69, 9.17) is 5.73 Å². The van der Waals surface area contributed by atoms with Gasteiger partial charge in [-0.15, -0.1) is 0 Å².